The number of nitrogens with one attached hydrogen (secondary N) is 2. The van der Waals surface area contributed by atoms with Gasteiger partial charge >= 0.3 is 12.4 Å². The lowest BCUT2D eigenvalue weighted by Gasteiger charge is -2.29. The molecule has 3 aromatic rings. The van der Waals surface area contributed by atoms with Crippen LogP contribution in [0.3, 0.4) is 0 Å². The first-order valence-electron chi connectivity index (χ1n) is 11.9. The molecule has 2 aromatic carbocycles. The molecule has 1 heterocycles. The highest BCUT2D eigenvalue weighted by Crippen LogP contribution is 2.37. The van der Waals surface area contributed by atoms with Crippen LogP contribution in [0.25, 0.3) is 11.1 Å². The zero-order valence-corrected chi connectivity index (χ0v) is 19.7. The average Bonchev–Trinajstić information content (AvgIpc) is 2.87. The van der Waals surface area contributed by atoms with Gasteiger partial charge in [0.2, 0.25) is 0 Å². The number of hydrogen-bond donors (Lipinski definition) is 2. The largest absolute Gasteiger partial charge is 0.417 e. The van der Waals surface area contributed by atoms with E-state index in [-0.39, 0.29) is 23.1 Å². The van der Waals surface area contributed by atoms with Crippen molar-refractivity contribution in [2.24, 2.45) is 5.92 Å². The minimum Gasteiger partial charge on any atom is -0.370 e. The molecule has 0 atom stereocenters. The van der Waals surface area contributed by atoms with Gasteiger partial charge in [-0.1, -0.05) is 30.3 Å². The molecule has 1 saturated carbocycles. The number of amides is 1. The number of hydrogen-bond acceptors (Lipinski definition) is 3. The van der Waals surface area contributed by atoms with E-state index in [4.69, 9.17) is 0 Å². The highest BCUT2D eigenvalue weighted by molar-refractivity contribution is 5.96. The first-order valence-corrected chi connectivity index (χ1v) is 11.9. The van der Waals surface area contributed by atoms with Gasteiger partial charge in [-0.25, -0.2) is 4.98 Å². The normalized spacial score (nSPS) is 18.3. The summed E-state index contributed by atoms with van der Waals surface area (Å²) < 4.78 is 79.5. The average molecular weight is 522 g/mol. The molecule has 4 rings (SSSR count). The Morgan fingerprint density at radius 2 is 1.43 bits per heavy atom. The smallest absolute Gasteiger partial charge is 0.370 e. The molecule has 0 radical (unpaired) electrons. The van der Waals surface area contributed by atoms with Crippen LogP contribution in [0.2, 0.25) is 0 Å². The number of nitrogens with zero attached hydrogens (tertiary/aromatic N) is 1. The van der Waals surface area contributed by atoms with Crippen LogP contribution >= 0.6 is 0 Å². The minimum atomic E-state index is -4.61. The van der Waals surface area contributed by atoms with Gasteiger partial charge in [0.15, 0.2) is 0 Å². The van der Waals surface area contributed by atoms with Crippen molar-refractivity contribution in [2.45, 2.75) is 44.1 Å². The van der Waals surface area contributed by atoms with E-state index in [1.807, 2.05) is 0 Å². The quantitative estimate of drug-likeness (QED) is 0.338. The molecule has 0 saturated heterocycles. The molecule has 0 bridgehead atoms. The summed E-state index contributed by atoms with van der Waals surface area (Å²) in [5.41, 5.74) is -1.63. The van der Waals surface area contributed by atoms with Crippen molar-refractivity contribution in [1.82, 2.24) is 10.3 Å². The lowest BCUT2D eigenvalue weighted by molar-refractivity contribution is -0.138. The Morgan fingerprint density at radius 3 is 2.05 bits per heavy atom. The number of pyridine rings is 1. The van der Waals surface area contributed by atoms with Crippen LogP contribution in [0.15, 0.2) is 66.9 Å². The topological polar surface area (TPSA) is 54.0 Å². The van der Waals surface area contributed by atoms with E-state index in [0.29, 0.717) is 30.8 Å². The fourth-order valence-corrected chi connectivity index (χ4v) is 4.59. The van der Waals surface area contributed by atoms with E-state index in [2.05, 4.69) is 15.6 Å². The summed E-state index contributed by atoms with van der Waals surface area (Å²) in [7, 11) is 0. The van der Waals surface area contributed by atoms with Crippen LogP contribution in [0, 0.1) is 5.92 Å². The number of benzene rings is 2. The summed E-state index contributed by atoms with van der Waals surface area (Å²) in [6, 6.07) is 13.1. The van der Waals surface area contributed by atoms with Crippen molar-refractivity contribution in [1.29, 1.82) is 0 Å². The maximum Gasteiger partial charge on any atom is 0.417 e. The molecule has 10 heteroatoms. The van der Waals surface area contributed by atoms with Gasteiger partial charge in [0.05, 0.1) is 16.7 Å². The van der Waals surface area contributed by atoms with Gasteiger partial charge in [-0.05, 0) is 67.5 Å². The summed E-state index contributed by atoms with van der Waals surface area (Å²) in [5.74, 6) is 0.0707. The fourth-order valence-electron chi connectivity index (χ4n) is 4.59. The SMILES string of the molecule is O=C(NC1CCC(CNc2ccc(-c3ccccc3C(F)(F)F)cn2)CC1)c1ccccc1C(F)(F)F. The number of aromatic nitrogens is 1. The van der Waals surface area contributed by atoms with E-state index in [0.717, 1.165) is 25.0 Å². The van der Waals surface area contributed by atoms with Crippen LogP contribution in [-0.2, 0) is 12.4 Å². The molecule has 1 fully saturated rings. The first-order chi connectivity index (χ1) is 17.5. The van der Waals surface area contributed by atoms with E-state index >= 15 is 0 Å². The predicted molar refractivity (Wildman–Crippen MR) is 128 cm³/mol. The van der Waals surface area contributed by atoms with E-state index < -0.39 is 29.4 Å². The third-order valence-electron chi connectivity index (χ3n) is 6.54. The Bertz CT molecular complexity index is 1220. The molecule has 196 valence electrons. The second-order valence-electron chi connectivity index (χ2n) is 9.09. The number of carbonyl (C=O) groups is 1. The highest BCUT2D eigenvalue weighted by Gasteiger charge is 2.35. The van der Waals surface area contributed by atoms with Gasteiger partial charge in [-0.15, -0.1) is 0 Å². The Morgan fingerprint density at radius 1 is 0.811 bits per heavy atom. The zero-order valence-electron chi connectivity index (χ0n) is 19.7. The lowest BCUT2D eigenvalue weighted by Crippen LogP contribution is -2.39. The van der Waals surface area contributed by atoms with Crippen molar-refractivity contribution in [3.05, 3.63) is 83.6 Å². The number of rotatable bonds is 6. The highest BCUT2D eigenvalue weighted by atomic mass is 19.4. The minimum absolute atomic E-state index is 0.0623. The number of halogens is 6. The van der Waals surface area contributed by atoms with E-state index in [1.54, 1.807) is 18.2 Å². The van der Waals surface area contributed by atoms with Gasteiger partial charge < -0.3 is 10.6 Å². The molecule has 0 unspecified atom stereocenters. The van der Waals surface area contributed by atoms with Crippen molar-refractivity contribution in [3.63, 3.8) is 0 Å². The van der Waals surface area contributed by atoms with Gasteiger partial charge in [0, 0.05) is 24.3 Å². The van der Waals surface area contributed by atoms with Crippen LogP contribution < -0.4 is 10.6 Å². The zero-order chi connectivity index (χ0) is 26.6. The maximum atomic E-state index is 13.3. The molecule has 0 aliphatic heterocycles. The Hall–Kier alpha value is -3.56. The van der Waals surface area contributed by atoms with Crippen molar-refractivity contribution < 1.29 is 31.1 Å². The van der Waals surface area contributed by atoms with Crippen LogP contribution in [0.1, 0.15) is 47.2 Å². The molecular weight excluding hydrogens is 496 g/mol. The summed E-state index contributed by atoms with van der Waals surface area (Å²) >= 11 is 0. The fraction of sp³-hybridized carbons (Fsp3) is 0.333. The molecule has 1 aliphatic carbocycles. The summed E-state index contributed by atoms with van der Waals surface area (Å²) in [4.78, 5) is 16.7. The molecule has 1 amide bonds. The second-order valence-corrected chi connectivity index (χ2v) is 9.09. The van der Waals surface area contributed by atoms with Crippen molar-refractivity contribution in [2.75, 3.05) is 11.9 Å². The summed E-state index contributed by atoms with van der Waals surface area (Å²) in [6.45, 7) is 0.586. The summed E-state index contributed by atoms with van der Waals surface area (Å²) in [6.07, 6.45) is -4.89. The Labute approximate surface area is 210 Å². The second kappa shape index (κ2) is 10.8. The molecule has 4 nitrogen and oxygen atoms in total. The molecular formula is C27H25F6N3O. The summed E-state index contributed by atoms with van der Waals surface area (Å²) in [5, 5.41) is 5.92. The number of carbonyl (C=O) groups excluding carboxylic acids is 1. The molecule has 1 aromatic heterocycles. The van der Waals surface area contributed by atoms with Crippen LogP contribution in [0.5, 0.6) is 0 Å². The maximum absolute atomic E-state index is 13.3. The number of alkyl halides is 6. The van der Waals surface area contributed by atoms with Crippen molar-refractivity contribution in [3.8, 4) is 11.1 Å². The monoisotopic (exact) mass is 521 g/mol. The van der Waals surface area contributed by atoms with Crippen LogP contribution in [-0.4, -0.2) is 23.5 Å². The molecule has 2 N–H and O–H groups in total. The molecule has 0 spiro atoms. The Kier molecular flexibility index (Phi) is 7.75. The van der Waals surface area contributed by atoms with Gasteiger partial charge in [0.25, 0.3) is 5.91 Å². The standard InChI is InChI=1S/C27H25F6N3O/c28-26(29,30)22-7-3-1-5-20(22)18-11-14-24(35-16-18)34-15-17-9-12-19(13-10-17)36-25(37)21-6-2-4-8-23(21)27(31,32)33/h1-8,11,14,16-17,19H,9-10,12-13,15H2,(H,34,35)(H,36,37). The first kappa shape index (κ1) is 26.5. The lowest BCUT2D eigenvalue weighted by atomic mass is 9.86. The van der Waals surface area contributed by atoms with Gasteiger partial charge in [0.1, 0.15) is 5.82 Å². The van der Waals surface area contributed by atoms with Gasteiger partial charge in [-0.2, -0.15) is 26.3 Å². The Balaban J connectivity index is 1.28. The number of anilines is 1. The van der Waals surface area contributed by atoms with E-state index in [1.165, 1.54) is 36.5 Å². The molecule has 1 aliphatic rings. The molecule has 37 heavy (non-hydrogen) atoms. The third kappa shape index (κ3) is 6.61. The van der Waals surface area contributed by atoms with Crippen molar-refractivity contribution >= 4 is 11.7 Å². The third-order valence-corrected chi connectivity index (χ3v) is 6.54. The van der Waals surface area contributed by atoms with Gasteiger partial charge in [-0.3, -0.25) is 4.79 Å². The van der Waals surface area contributed by atoms with E-state index in [9.17, 15) is 31.1 Å². The predicted octanol–water partition coefficient (Wildman–Crippen LogP) is 7.19. The van der Waals surface area contributed by atoms with Crippen LogP contribution in [0.4, 0.5) is 32.2 Å².